The van der Waals surface area contributed by atoms with E-state index in [2.05, 4.69) is 5.32 Å². The highest BCUT2D eigenvalue weighted by Gasteiger charge is 2.32. The highest BCUT2D eigenvalue weighted by molar-refractivity contribution is 7.89. The average molecular weight is 492 g/mol. The molecule has 0 aliphatic carbocycles. The minimum Gasteiger partial charge on any atom is -0.460 e. The van der Waals surface area contributed by atoms with E-state index in [9.17, 15) is 13.2 Å². The fourth-order valence-electron chi connectivity index (χ4n) is 2.81. The molecular formula is C18H19Cl2N3O5S2. The van der Waals surface area contributed by atoms with E-state index in [-0.39, 0.29) is 30.5 Å². The predicted molar refractivity (Wildman–Crippen MR) is 118 cm³/mol. The number of esters is 1. The zero-order valence-electron chi connectivity index (χ0n) is 15.9. The first-order valence-corrected chi connectivity index (χ1v) is 11.6. The molecule has 0 radical (unpaired) electrons. The largest absolute Gasteiger partial charge is 0.460 e. The lowest BCUT2D eigenvalue weighted by Crippen LogP contribution is -2.51. The van der Waals surface area contributed by atoms with Crippen molar-refractivity contribution in [3.8, 4) is 0 Å². The summed E-state index contributed by atoms with van der Waals surface area (Å²) < 4.78 is 36.9. The van der Waals surface area contributed by atoms with Crippen LogP contribution in [0.15, 0.2) is 39.8 Å². The first-order chi connectivity index (χ1) is 14.2. The summed E-state index contributed by atoms with van der Waals surface area (Å²) in [4.78, 5) is 13.5. The maximum Gasteiger partial charge on any atom is 0.374 e. The standard InChI is InChI=1S/C18H19Cl2N3O5S2/c1-2-27-17(24)15-5-6-16(28-15)30(25,26)23-9-7-22(8-10-23)18(29)21-14-4-3-12(19)11-13(14)20/h3-6,11H,2,7-10H2,1H3,(H,21,29). The van der Waals surface area contributed by atoms with Crippen LogP contribution in [0, 0.1) is 0 Å². The van der Waals surface area contributed by atoms with Crippen LogP contribution < -0.4 is 5.32 Å². The summed E-state index contributed by atoms with van der Waals surface area (Å²) in [6.45, 7) is 2.97. The Morgan fingerprint density at radius 2 is 1.90 bits per heavy atom. The van der Waals surface area contributed by atoms with E-state index in [1.807, 2.05) is 4.90 Å². The Morgan fingerprint density at radius 1 is 1.20 bits per heavy atom. The number of rotatable bonds is 5. The highest BCUT2D eigenvalue weighted by Crippen LogP contribution is 2.26. The van der Waals surface area contributed by atoms with Gasteiger partial charge in [-0.2, -0.15) is 4.31 Å². The molecule has 0 atom stereocenters. The lowest BCUT2D eigenvalue weighted by molar-refractivity contribution is 0.0483. The lowest BCUT2D eigenvalue weighted by Gasteiger charge is -2.35. The number of furan rings is 1. The van der Waals surface area contributed by atoms with Crippen molar-refractivity contribution < 1.29 is 22.4 Å². The Kier molecular flexibility index (Phi) is 7.25. The van der Waals surface area contributed by atoms with Gasteiger partial charge in [-0.3, -0.25) is 0 Å². The number of hydrogen-bond donors (Lipinski definition) is 1. The fourth-order valence-corrected chi connectivity index (χ4v) is 4.90. The van der Waals surface area contributed by atoms with Gasteiger partial charge in [0.05, 0.1) is 17.3 Å². The van der Waals surface area contributed by atoms with Crippen molar-refractivity contribution in [3.63, 3.8) is 0 Å². The number of halogens is 2. The molecule has 162 valence electrons. The molecule has 12 heteroatoms. The number of benzene rings is 1. The minimum absolute atomic E-state index is 0.153. The summed E-state index contributed by atoms with van der Waals surface area (Å²) >= 11 is 17.5. The Labute approximate surface area is 189 Å². The molecule has 1 fully saturated rings. The Balaban J connectivity index is 1.61. The SMILES string of the molecule is CCOC(=O)c1ccc(S(=O)(=O)N2CCN(C(=S)Nc3ccc(Cl)cc3Cl)CC2)o1. The van der Waals surface area contributed by atoms with Gasteiger partial charge in [-0.05, 0) is 49.5 Å². The molecule has 1 N–H and O–H groups in total. The van der Waals surface area contributed by atoms with Crippen LogP contribution in [-0.4, -0.2) is 61.5 Å². The molecule has 30 heavy (non-hydrogen) atoms. The predicted octanol–water partition coefficient (Wildman–Crippen LogP) is 3.47. The number of sulfonamides is 1. The third-order valence-electron chi connectivity index (χ3n) is 4.35. The molecule has 0 saturated carbocycles. The zero-order valence-corrected chi connectivity index (χ0v) is 19.1. The number of ether oxygens (including phenoxy) is 1. The topological polar surface area (TPSA) is 92.1 Å². The summed E-state index contributed by atoms with van der Waals surface area (Å²) in [5.74, 6) is -0.861. The third-order valence-corrected chi connectivity index (χ3v) is 7.03. The van der Waals surface area contributed by atoms with E-state index < -0.39 is 16.0 Å². The molecule has 2 heterocycles. The number of anilines is 1. The number of piperazine rings is 1. The highest BCUT2D eigenvalue weighted by atomic mass is 35.5. The van der Waals surface area contributed by atoms with Gasteiger partial charge in [0.15, 0.2) is 5.11 Å². The van der Waals surface area contributed by atoms with Crippen LogP contribution in [0.1, 0.15) is 17.5 Å². The molecule has 0 unspecified atom stereocenters. The van der Waals surface area contributed by atoms with E-state index in [0.29, 0.717) is 33.9 Å². The number of hydrogen-bond acceptors (Lipinski definition) is 6. The second-order valence-electron chi connectivity index (χ2n) is 6.28. The summed E-state index contributed by atoms with van der Waals surface area (Å²) in [5.41, 5.74) is 0.614. The molecule has 1 saturated heterocycles. The first-order valence-electron chi connectivity index (χ1n) is 9.00. The van der Waals surface area contributed by atoms with Crippen LogP contribution in [0.4, 0.5) is 5.69 Å². The lowest BCUT2D eigenvalue weighted by atomic mass is 10.3. The van der Waals surface area contributed by atoms with E-state index in [1.165, 1.54) is 16.4 Å². The zero-order chi connectivity index (χ0) is 21.9. The smallest absolute Gasteiger partial charge is 0.374 e. The fraction of sp³-hybridized carbons (Fsp3) is 0.333. The van der Waals surface area contributed by atoms with Gasteiger partial charge in [-0.1, -0.05) is 23.2 Å². The molecule has 1 aromatic carbocycles. The minimum atomic E-state index is -3.88. The van der Waals surface area contributed by atoms with Crippen LogP contribution >= 0.6 is 35.4 Å². The van der Waals surface area contributed by atoms with Gasteiger partial charge in [0, 0.05) is 31.2 Å². The van der Waals surface area contributed by atoms with Gasteiger partial charge < -0.3 is 19.4 Å². The molecule has 0 amide bonds. The van der Waals surface area contributed by atoms with Crippen molar-refractivity contribution >= 4 is 62.2 Å². The average Bonchev–Trinajstić information content (AvgIpc) is 3.22. The van der Waals surface area contributed by atoms with Crippen LogP contribution in [0.2, 0.25) is 10.0 Å². The van der Waals surface area contributed by atoms with E-state index in [4.69, 9.17) is 44.6 Å². The Bertz CT molecular complexity index is 1050. The second-order valence-corrected chi connectivity index (χ2v) is 9.38. The van der Waals surface area contributed by atoms with E-state index in [1.54, 1.807) is 25.1 Å². The van der Waals surface area contributed by atoms with Gasteiger partial charge in [0.2, 0.25) is 10.9 Å². The Morgan fingerprint density at radius 3 is 2.53 bits per heavy atom. The third kappa shape index (κ3) is 5.06. The van der Waals surface area contributed by atoms with Gasteiger partial charge in [0.1, 0.15) is 0 Å². The summed E-state index contributed by atoms with van der Waals surface area (Å²) in [7, 11) is -3.88. The number of thiocarbonyl (C=S) groups is 1. The monoisotopic (exact) mass is 491 g/mol. The molecule has 1 aliphatic heterocycles. The van der Waals surface area contributed by atoms with Crippen LogP contribution in [0.25, 0.3) is 0 Å². The summed E-state index contributed by atoms with van der Waals surface area (Å²) in [6, 6.07) is 7.55. The van der Waals surface area contributed by atoms with Gasteiger partial charge in [-0.25, -0.2) is 13.2 Å². The summed E-state index contributed by atoms with van der Waals surface area (Å²) in [5, 5.41) is 4.13. The molecule has 2 aromatic rings. The Hall–Kier alpha value is -1.85. The number of nitrogens with one attached hydrogen (secondary N) is 1. The molecule has 3 rings (SSSR count). The first kappa shape index (κ1) is 22.8. The normalized spacial score (nSPS) is 15.1. The summed E-state index contributed by atoms with van der Waals surface area (Å²) in [6.07, 6.45) is 0. The van der Waals surface area contributed by atoms with E-state index in [0.717, 1.165) is 0 Å². The molecule has 0 spiro atoms. The maximum atomic E-state index is 12.8. The van der Waals surface area contributed by atoms with Crippen molar-refractivity contribution in [1.29, 1.82) is 0 Å². The number of carbonyl (C=O) groups excluding carboxylic acids is 1. The van der Waals surface area contributed by atoms with E-state index >= 15 is 0 Å². The van der Waals surface area contributed by atoms with Crippen LogP contribution in [0.5, 0.6) is 0 Å². The van der Waals surface area contributed by atoms with Crippen molar-refractivity contribution in [1.82, 2.24) is 9.21 Å². The second kappa shape index (κ2) is 9.52. The molecule has 1 aromatic heterocycles. The molecule has 0 bridgehead atoms. The molecule has 8 nitrogen and oxygen atoms in total. The quantitative estimate of drug-likeness (QED) is 0.501. The van der Waals surface area contributed by atoms with Gasteiger partial charge >= 0.3 is 5.97 Å². The molecular weight excluding hydrogens is 473 g/mol. The number of carbonyl (C=O) groups is 1. The van der Waals surface area contributed by atoms with Crippen molar-refractivity contribution in [2.75, 3.05) is 38.1 Å². The van der Waals surface area contributed by atoms with Crippen LogP contribution in [0.3, 0.4) is 0 Å². The maximum absolute atomic E-state index is 12.8. The van der Waals surface area contributed by atoms with Gasteiger partial charge in [-0.15, -0.1) is 0 Å². The van der Waals surface area contributed by atoms with Gasteiger partial charge in [0.25, 0.3) is 10.0 Å². The van der Waals surface area contributed by atoms with Crippen molar-refractivity contribution in [2.45, 2.75) is 12.0 Å². The molecule has 1 aliphatic rings. The van der Waals surface area contributed by atoms with Crippen LogP contribution in [-0.2, 0) is 14.8 Å². The van der Waals surface area contributed by atoms with Crippen molar-refractivity contribution in [3.05, 3.63) is 46.1 Å². The van der Waals surface area contributed by atoms with Crippen molar-refractivity contribution in [2.24, 2.45) is 0 Å². The number of nitrogens with zero attached hydrogens (tertiary/aromatic N) is 2.